The third-order valence-corrected chi connectivity index (χ3v) is 3.77. The second kappa shape index (κ2) is 6.08. The van der Waals surface area contributed by atoms with Crippen molar-refractivity contribution in [2.24, 2.45) is 10.9 Å². The van der Waals surface area contributed by atoms with Gasteiger partial charge >= 0.3 is 0 Å². The van der Waals surface area contributed by atoms with E-state index in [2.05, 4.69) is 10.1 Å². The van der Waals surface area contributed by atoms with Gasteiger partial charge < -0.3 is 20.8 Å². The first kappa shape index (κ1) is 15.6. The van der Waals surface area contributed by atoms with Gasteiger partial charge in [-0.15, -0.1) is 0 Å². The van der Waals surface area contributed by atoms with Crippen LogP contribution in [0.1, 0.15) is 16.8 Å². The number of methoxy groups -OCH3 is 1. The Balaban J connectivity index is 2.31. The maximum atomic E-state index is 10.2. The summed E-state index contributed by atoms with van der Waals surface area (Å²) >= 11 is 0. The number of fused-ring (bicyclic) bond motifs is 1. The molecule has 6 nitrogen and oxygen atoms in total. The zero-order chi connectivity index (χ0) is 17.3. The first-order chi connectivity index (χ1) is 11.5. The van der Waals surface area contributed by atoms with Crippen molar-refractivity contribution in [3.05, 3.63) is 59.3 Å². The Hall–Kier alpha value is -3.28. The van der Waals surface area contributed by atoms with Crippen LogP contribution >= 0.6 is 0 Å². The Morgan fingerprint density at radius 1 is 1.12 bits per heavy atom. The Morgan fingerprint density at radius 3 is 2.58 bits per heavy atom. The number of nitrogens with two attached hydrogens (primary N) is 1. The molecule has 3 aromatic rings. The van der Waals surface area contributed by atoms with Crippen molar-refractivity contribution in [3.8, 4) is 17.2 Å². The molecule has 0 atom stereocenters. The van der Waals surface area contributed by atoms with Gasteiger partial charge in [-0.25, -0.2) is 4.98 Å². The van der Waals surface area contributed by atoms with Crippen LogP contribution in [0.15, 0.2) is 47.6 Å². The number of ether oxygens (including phenoxy) is 1. The van der Waals surface area contributed by atoms with Crippen LogP contribution in [0, 0.1) is 6.92 Å². The minimum atomic E-state index is -0.107. The highest BCUT2D eigenvalue weighted by Gasteiger charge is 2.17. The third-order valence-electron chi connectivity index (χ3n) is 3.77. The molecule has 2 aromatic carbocycles. The molecule has 0 unspecified atom stereocenters. The highest BCUT2D eigenvalue weighted by molar-refractivity contribution is 6.20. The molecule has 1 heterocycles. The van der Waals surface area contributed by atoms with Gasteiger partial charge in [-0.2, -0.15) is 5.10 Å². The summed E-state index contributed by atoms with van der Waals surface area (Å²) in [7, 11) is 1.59. The lowest BCUT2D eigenvalue weighted by atomic mass is 9.97. The summed E-state index contributed by atoms with van der Waals surface area (Å²) in [6.45, 7) is 1.86. The zero-order valence-corrected chi connectivity index (χ0v) is 13.3. The van der Waals surface area contributed by atoms with Crippen molar-refractivity contribution in [2.45, 2.75) is 6.92 Å². The van der Waals surface area contributed by atoms with Gasteiger partial charge in [0.1, 0.15) is 28.5 Å². The molecule has 0 saturated heterocycles. The van der Waals surface area contributed by atoms with Gasteiger partial charge in [0.2, 0.25) is 0 Å². The lowest BCUT2D eigenvalue weighted by Gasteiger charge is -2.13. The van der Waals surface area contributed by atoms with Crippen molar-refractivity contribution in [2.75, 3.05) is 7.11 Å². The summed E-state index contributed by atoms with van der Waals surface area (Å²) in [5.74, 6) is 6.12. The fourth-order valence-corrected chi connectivity index (χ4v) is 2.72. The predicted molar refractivity (Wildman–Crippen MR) is 92.6 cm³/mol. The number of aromatic hydroxyl groups is 2. The molecule has 0 spiro atoms. The van der Waals surface area contributed by atoms with E-state index in [4.69, 9.17) is 10.6 Å². The topological polar surface area (TPSA) is 101 Å². The van der Waals surface area contributed by atoms with E-state index in [1.165, 1.54) is 12.1 Å². The van der Waals surface area contributed by atoms with Crippen molar-refractivity contribution < 1.29 is 14.9 Å². The summed E-state index contributed by atoms with van der Waals surface area (Å²) in [5, 5.41) is 24.3. The number of hydrogen-bond donors (Lipinski definition) is 3. The molecule has 4 N–H and O–H groups in total. The number of hydrogen-bond acceptors (Lipinski definition) is 6. The predicted octanol–water partition coefficient (Wildman–Crippen LogP) is 2.67. The molecule has 1 aromatic heterocycles. The second-order valence-electron chi connectivity index (χ2n) is 5.35. The van der Waals surface area contributed by atoms with Crippen molar-refractivity contribution in [1.29, 1.82) is 0 Å². The van der Waals surface area contributed by atoms with Gasteiger partial charge in [-0.3, -0.25) is 0 Å². The van der Waals surface area contributed by atoms with Crippen LogP contribution in [0.4, 0.5) is 0 Å². The van der Waals surface area contributed by atoms with Crippen molar-refractivity contribution in [3.63, 3.8) is 0 Å². The first-order valence-electron chi connectivity index (χ1n) is 7.30. The van der Waals surface area contributed by atoms with E-state index in [1.807, 2.05) is 31.2 Å². The molecule has 0 radical (unpaired) electrons. The Morgan fingerprint density at radius 2 is 1.92 bits per heavy atom. The largest absolute Gasteiger partial charge is 0.508 e. The van der Waals surface area contributed by atoms with Crippen LogP contribution in [-0.4, -0.2) is 28.0 Å². The zero-order valence-electron chi connectivity index (χ0n) is 13.3. The van der Waals surface area contributed by atoms with Crippen molar-refractivity contribution >= 4 is 16.6 Å². The molecule has 122 valence electrons. The Kier molecular flexibility index (Phi) is 3.95. The summed E-state index contributed by atoms with van der Waals surface area (Å²) < 4.78 is 5.38. The number of rotatable bonds is 3. The molecule has 0 aliphatic rings. The smallest absolute Gasteiger partial charge is 0.145 e. The molecule has 6 heteroatoms. The normalized spacial score (nSPS) is 11.7. The lowest BCUT2D eigenvalue weighted by molar-refractivity contribution is 0.419. The summed E-state index contributed by atoms with van der Waals surface area (Å²) in [6.07, 6.45) is 0. The van der Waals surface area contributed by atoms with E-state index in [1.54, 1.807) is 13.2 Å². The summed E-state index contributed by atoms with van der Waals surface area (Å²) in [5.41, 5.74) is 3.00. The fraction of sp³-hybridized carbons (Fsp3) is 0.111. The van der Waals surface area contributed by atoms with E-state index in [0.29, 0.717) is 22.5 Å². The molecule has 3 rings (SSSR count). The second-order valence-corrected chi connectivity index (χ2v) is 5.35. The van der Waals surface area contributed by atoms with Crippen LogP contribution in [0.5, 0.6) is 17.2 Å². The van der Waals surface area contributed by atoms with Gasteiger partial charge in [0.15, 0.2) is 0 Å². The SMILES string of the molecule is COc1cccc2c(/C(=N/N)c3ccc(O)cc3O)cc(C)nc12. The number of hydrazone groups is 1. The maximum absolute atomic E-state index is 10.2. The third kappa shape index (κ3) is 2.58. The minimum Gasteiger partial charge on any atom is -0.508 e. The minimum absolute atomic E-state index is 0.0370. The number of benzene rings is 2. The molecule has 0 aliphatic carbocycles. The highest BCUT2D eigenvalue weighted by Crippen LogP contribution is 2.31. The van der Waals surface area contributed by atoms with Gasteiger partial charge in [-0.1, -0.05) is 12.1 Å². The Bertz CT molecular complexity index is 952. The van der Waals surface area contributed by atoms with Crippen LogP contribution in [0.2, 0.25) is 0 Å². The molecular formula is C18H17N3O3. The van der Waals surface area contributed by atoms with Gasteiger partial charge in [0.05, 0.1) is 7.11 Å². The quantitative estimate of drug-likeness (QED) is 0.391. The van der Waals surface area contributed by atoms with Crippen LogP contribution in [-0.2, 0) is 0 Å². The maximum Gasteiger partial charge on any atom is 0.145 e. The van der Waals surface area contributed by atoms with Crippen LogP contribution in [0.3, 0.4) is 0 Å². The first-order valence-corrected chi connectivity index (χ1v) is 7.30. The molecule has 0 amide bonds. The van der Waals surface area contributed by atoms with Gasteiger partial charge in [-0.05, 0) is 31.2 Å². The van der Waals surface area contributed by atoms with E-state index < -0.39 is 0 Å². The number of pyridine rings is 1. The molecule has 0 aliphatic heterocycles. The van der Waals surface area contributed by atoms with Crippen molar-refractivity contribution in [1.82, 2.24) is 4.98 Å². The molecular weight excluding hydrogens is 306 g/mol. The monoisotopic (exact) mass is 323 g/mol. The van der Waals surface area contributed by atoms with E-state index in [0.717, 1.165) is 16.6 Å². The van der Waals surface area contributed by atoms with E-state index in [-0.39, 0.29) is 11.5 Å². The summed E-state index contributed by atoms with van der Waals surface area (Å²) in [6, 6.07) is 11.7. The Labute approximate surface area is 138 Å². The fourth-order valence-electron chi connectivity index (χ4n) is 2.72. The lowest BCUT2D eigenvalue weighted by Crippen LogP contribution is -2.09. The highest BCUT2D eigenvalue weighted by atomic mass is 16.5. The average Bonchev–Trinajstić information content (AvgIpc) is 2.56. The number of para-hydroxylation sites is 1. The number of aryl methyl sites for hydroxylation is 1. The summed E-state index contributed by atoms with van der Waals surface area (Å²) in [4.78, 5) is 4.53. The molecule has 0 fully saturated rings. The van der Waals surface area contributed by atoms with Gasteiger partial charge in [0.25, 0.3) is 0 Å². The average molecular weight is 323 g/mol. The van der Waals surface area contributed by atoms with Crippen LogP contribution in [0.25, 0.3) is 10.9 Å². The number of phenols is 2. The standard InChI is InChI=1S/C18H17N3O3/c1-10-8-14(12-4-3-5-16(24-2)18(12)20-10)17(21-19)13-7-6-11(22)9-15(13)23/h3-9,22-23H,19H2,1-2H3/b21-17+. The van der Waals surface area contributed by atoms with Crippen LogP contribution < -0.4 is 10.6 Å². The molecule has 24 heavy (non-hydrogen) atoms. The molecule has 0 bridgehead atoms. The van der Waals surface area contributed by atoms with Gasteiger partial charge in [0, 0.05) is 28.3 Å². The van der Waals surface area contributed by atoms with E-state index in [9.17, 15) is 10.2 Å². The number of nitrogens with zero attached hydrogens (tertiary/aromatic N) is 2. The number of phenolic OH excluding ortho intramolecular Hbond substituents is 2. The number of aromatic nitrogens is 1. The molecule has 0 saturated carbocycles. The van der Waals surface area contributed by atoms with E-state index >= 15 is 0 Å².